The van der Waals surface area contributed by atoms with Crippen molar-refractivity contribution >= 4 is 11.5 Å². The van der Waals surface area contributed by atoms with Crippen molar-refractivity contribution in [2.24, 2.45) is 5.73 Å². The van der Waals surface area contributed by atoms with Crippen molar-refractivity contribution in [2.45, 2.75) is 0 Å². The summed E-state index contributed by atoms with van der Waals surface area (Å²) < 4.78 is 4.88. The molecule has 0 aliphatic heterocycles. The Bertz CT molecular complexity index is 403. The Kier molecular flexibility index (Phi) is 3.35. The molecule has 0 aromatic heterocycles. The minimum absolute atomic E-state index is 0.125. The SMILES string of the molecule is COc1cc([N+](=O)[O-])ccc1C(=O)CN. The summed E-state index contributed by atoms with van der Waals surface area (Å²) in [7, 11) is 1.34. The second-order valence-corrected chi connectivity index (χ2v) is 2.77. The Balaban J connectivity index is 3.20. The molecule has 6 nitrogen and oxygen atoms in total. The maximum Gasteiger partial charge on any atom is 0.273 e. The van der Waals surface area contributed by atoms with Gasteiger partial charge in [0.1, 0.15) is 5.75 Å². The zero-order chi connectivity index (χ0) is 11.4. The lowest BCUT2D eigenvalue weighted by Crippen LogP contribution is -2.14. The number of hydrogen-bond donors (Lipinski definition) is 1. The third-order valence-electron chi connectivity index (χ3n) is 1.88. The predicted octanol–water partition coefficient (Wildman–Crippen LogP) is 0.745. The minimum atomic E-state index is -0.556. The Morgan fingerprint density at radius 1 is 1.60 bits per heavy atom. The van der Waals surface area contributed by atoms with Gasteiger partial charge in [-0.15, -0.1) is 0 Å². The highest BCUT2D eigenvalue weighted by molar-refractivity contribution is 6.00. The quantitative estimate of drug-likeness (QED) is 0.449. The number of non-ortho nitro benzene ring substituents is 1. The maximum absolute atomic E-state index is 11.3. The molecule has 0 aliphatic rings. The van der Waals surface area contributed by atoms with Gasteiger partial charge in [0.15, 0.2) is 5.78 Å². The minimum Gasteiger partial charge on any atom is -0.496 e. The molecule has 0 atom stereocenters. The number of ether oxygens (including phenoxy) is 1. The van der Waals surface area contributed by atoms with Crippen molar-refractivity contribution in [1.82, 2.24) is 0 Å². The van der Waals surface area contributed by atoms with E-state index in [0.29, 0.717) is 0 Å². The van der Waals surface area contributed by atoms with Gasteiger partial charge >= 0.3 is 0 Å². The molecule has 0 aliphatic carbocycles. The van der Waals surface area contributed by atoms with Gasteiger partial charge in [0, 0.05) is 6.07 Å². The van der Waals surface area contributed by atoms with Gasteiger partial charge in [-0.3, -0.25) is 14.9 Å². The topological polar surface area (TPSA) is 95.5 Å². The summed E-state index contributed by atoms with van der Waals surface area (Å²) in [4.78, 5) is 21.2. The molecule has 80 valence electrons. The van der Waals surface area contributed by atoms with Crippen LogP contribution in [0.4, 0.5) is 5.69 Å². The molecule has 1 aromatic carbocycles. The zero-order valence-electron chi connectivity index (χ0n) is 8.10. The first-order valence-corrected chi connectivity index (χ1v) is 4.16. The Morgan fingerprint density at radius 3 is 2.73 bits per heavy atom. The van der Waals surface area contributed by atoms with E-state index in [1.54, 1.807) is 0 Å². The molecule has 6 heteroatoms. The molecule has 1 aromatic rings. The molecule has 1 rings (SSSR count). The lowest BCUT2D eigenvalue weighted by molar-refractivity contribution is -0.384. The lowest BCUT2D eigenvalue weighted by Gasteiger charge is -2.05. The summed E-state index contributed by atoms with van der Waals surface area (Å²) in [6, 6.07) is 3.78. The van der Waals surface area contributed by atoms with Crippen LogP contribution in [-0.4, -0.2) is 24.4 Å². The average Bonchev–Trinajstić information content (AvgIpc) is 2.27. The molecule has 2 N–H and O–H groups in total. The van der Waals surface area contributed by atoms with E-state index in [1.165, 1.54) is 25.3 Å². The van der Waals surface area contributed by atoms with Crippen LogP contribution in [0.5, 0.6) is 5.75 Å². The largest absolute Gasteiger partial charge is 0.496 e. The summed E-state index contributed by atoms with van der Waals surface area (Å²) >= 11 is 0. The van der Waals surface area contributed by atoms with Crippen molar-refractivity contribution in [2.75, 3.05) is 13.7 Å². The molecule has 0 amide bonds. The van der Waals surface area contributed by atoms with Gasteiger partial charge < -0.3 is 10.5 Å². The second kappa shape index (κ2) is 4.52. The van der Waals surface area contributed by atoms with Gasteiger partial charge in [-0.1, -0.05) is 0 Å². The monoisotopic (exact) mass is 210 g/mol. The van der Waals surface area contributed by atoms with Crippen LogP contribution in [0, 0.1) is 10.1 Å². The van der Waals surface area contributed by atoms with Gasteiger partial charge in [-0.05, 0) is 6.07 Å². The van der Waals surface area contributed by atoms with E-state index in [9.17, 15) is 14.9 Å². The van der Waals surface area contributed by atoms with Crippen molar-refractivity contribution in [3.8, 4) is 5.75 Å². The number of methoxy groups -OCH3 is 1. The van der Waals surface area contributed by atoms with Gasteiger partial charge in [0.2, 0.25) is 0 Å². The van der Waals surface area contributed by atoms with Crippen LogP contribution in [-0.2, 0) is 0 Å². The molecule has 0 saturated carbocycles. The molecule has 15 heavy (non-hydrogen) atoms. The number of hydrogen-bond acceptors (Lipinski definition) is 5. The van der Waals surface area contributed by atoms with E-state index in [1.807, 2.05) is 0 Å². The van der Waals surface area contributed by atoms with Gasteiger partial charge in [0.25, 0.3) is 5.69 Å². The standard InChI is InChI=1S/C9H10N2O4/c1-15-9-4-6(11(13)14)2-3-7(9)8(12)5-10/h2-4H,5,10H2,1H3. The molecule has 0 spiro atoms. The van der Waals surface area contributed by atoms with E-state index in [4.69, 9.17) is 10.5 Å². The zero-order valence-corrected chi connectivity index (χ0v) is 8.10. The number of carbonyl (C=O) groups excluding carboxylic acids is 1. The van der Waals surface area contributed by atoms with Crippen LogP contribution >= 0.6 is 0 Å². The molecule has 0 saturated heterocycles. The number of nitro groups is 1. The van der Waals surface area contributed by atoms with Crippen molar-refractivity contribution < 1.29 is 14.5 Å². The third kappa shape index (κ3) is 2.29. The number of Topliss-reactive ketones (excluding diaryl/α,β-unsaturated/α-hetero) is 1. The normalized spacial score (nSPS) is 9.73. The smallest absolute Gasteiger partial charge is 0.273 e. The van der Waals surface area contributed by atoms with Crippen LogP contribution in [0.2, 0.25) is 0 Å². The highest BCUT2D eigenvalue weighted by Crippen LogP contribution is 2.24. The molecule has 0 unspecified atom stereocenters. The predicted molar refractivity (Wildman–Crippen MR) is 53.0 cm³/mol. The van der Waals surface area contributed by atoms with Gasteiger partial charge in [-0.2, -0.15) is 0 Å². The highest BCUT2D eigenvalue weighted by atomic mass is 16.6. The average molecular weight is 210 g/mol. The number of rotatable bonds is 4. The number of nitrogens with two attached hydrogens (primary N) is 1. The second-order valence-electron chi connectivity index (χ2n) is 2.77. The van der Waals surface area contributed by atoms with Crippen LogP contribution < -0.4 is 10.5 Å². The van der Waals surface area contributed by atoms with Crippen molar-refractivity contribution in [3.05, 3.63) is 33.9 Å². The third-order valence-corrected chi connectivity index (χ3v) is 1.88. The van der Waals surface area contributed by atoms with Crippen LogP contribution in [0.25, 0.3) is 0 Å². The summed E-state index contributed by atoms with van der Waals surface area (Å²) in [6.07, 6.45) is 0. The van der Waals surface area contributed by atoms with E-state index < -0.39 is 4.92 Å². The van der Waals surface area contributed by atoms with Gasteiger partial charge in [0.05, 0.1) is 30.2 Å². The number of ketones is 1. The molecule has 0 heterocycles. The van der Waals surface area contributed by atoms with Crippen LogP contribution in [0.15, 0.2) is 18.2 Å². The van der Waals surface area contributed by atoms with E-state index in [0.717, 1.165) is 0 Å². The molecular weight excluding hydrogens is 200 g/mol. The van der Waals surface area contributed by atoms with Crippen LogP contribution in [0.1, 0.15) is 10.4 Å². The van der Waals surface area contributed by atoms with E-state index in [2.05, 4.69) is 0 Å². The summed E-state index contributed by atoms with van der Waals surface area (Å²) in [5.74, 6) is -0.151. The number of nitrogens with zero attached hydrogens (tertiary/aromatic N) is 1. The fourth-order valence-electron chi connectivity index (χ4n) is 1.13. The summed E-state index contributed by atoms with van der Waals surface area (Å²) in [5, 5.41) is 10.5. The van der Waals surface area contributed by atoms with E-state index >= 15 is 0 Å². The highest BCUT2D eigenvalue weighted by Gasteiger charge is 2.15. The van der Waals surface area contributed by atoms with E-state index in [-0.39, 0.29) is 29.3 Å². The molecular formula is C9H10N2O4. The lowest BCUT2D eigenvalue weighted by atomic mass is 10.1. The molecule has 0 fully saturated rings. The molecule has 0 radical (unpaired) electrons. The van der Waals surface area contributed by atoms with Gasteiger partial charge in [-0.25, -0.2) is 0 Å². The summed E-state index contributed by atoms with van der Waals surface area (Å²) in [5.41, 5.74) is 5.32. The number of nitro benzene ring substituents is 1. The maximum atomic E-state index is 11.3. The Hall–Kier alpha value is -1.95. The number of benzene rings is 1. The fraction of sp³-hybridized carbons (Fsp3) is 0.222. The van der Waals surface area contributed by atoms with Crippen LogP contribution in [0.3, 0.4) is 0 Å². The summed E-state index contributed by atoms with van der Waals surface area (Å²) in [6.45, 7) is -0.159. The fourth-order valence-corrected chi connectivity index (χ4v) is 1.13. The first-order valence-electron chi connectivity index (χ1n) is 4.16. The van der Waals surface area contributed by atoms with Crippen molar-refractivity contribution in [1.29, 1.82) is 0 Å². The first kappa shape index (κ1) is 11.1. The van der Waals surface area contributed by atoms with Crippen molar-refractivity contribution in [3.63, 3.8) is 0 Å². The number of carbonyl (C=O) groups is 1. The first-order chi connectivity index (χ1) is 7.10. The Morgan fingerprint density at radius 2 is 2.27 bits per heavy atom. The molecule has 0 bridgehead atoms. The Labute approximate surface area is 85.8 Å².